The van der Waals surface area contributed by atoms with Crippen LogP contribution < -0.4 is 11.1 Å². The molecule has 0 radical (unpaired) electrons. The number of guanidine groups is 1. The van der Waals surface area contributed by atoms with Gasteiger partial charge >= 0.3 is 0 Å². The quantitative estimate of drug-likeness (QED) is 0.567. The van der Waals surface area contributed by atoms with Gasteiger partial charge in [-0.3, -0.25) is 14.7 Å². The Morgan fingerprint density at radius 2 is 2.04 bits per heavy atom. The largest absolute Gasteiger partial charge is 0.379 e. The van der Waals surface area contributed by atoms with E-state index in [2.05, 4.69) is 50.4 Å². The van der Waals surface area contributed by atoms with E-state index in [0.717, 1.165) is 64.7 Å². The van der Waals surface area contributed by atoms with Crippen LogP contribution in [0.15, 0.2) is 35.3 Å². The third-order valence-corrected chi connectivity index (χ3v) is 5.64. The van der Waals surface area contributed by atoms with Crippen molar-refractivity contribution in [3.63, 3.8) is 0 Å². The Morgan fingerprint density at radius 1 is 1.29 bits per heavy atom. The number of nitrogens with one attached hydrogen (secondary N) is 1. The first-order valence-electron chi connectivity index (χ1n) is 10.3. The molecule has 7 nitrogen and oxygen atoms in total. The first-order chi connectivity index (χ1) is 13.7. The fourth-order valence-electron chi connectivity index (χ4n) is 4.25. The van der Waals surface area contributed by atoms with Crippen molar-refractivity contribution in [1.29, 1.82) is 0 Å². The Bertz CT molecular complexity index is 645. The number of carbonyl (C=O) groups excluding carboxylic acids is 1. The van der Waals surface area contributed by atoms with Crippen LogP contribution in [0.3, 0.4) is 0 Å². The number of likely N-dealkylation sites (tertiary alicyclic amines) is 1. The monoisotopic (exact) mass is 387 g/mol. The number of ether oxygens (including phenoxy) is 1. The summed E-state index contributed by atoms with van der Waals surface area (Å²) in [6.07, 6.45) is 2.56. The number of hydrogen-bond acceptors (Lipinski definition) is 4. The molecule has 1 aromatic rings. The first kappa shape index (κ1) is 20.6. The molecule has 154 valence electrons. The van der Waals surface area contributed by atoms with E-state index in [-0.39, 0.29) is 11.9 Å². The highest BCUT2D eigenvalue weighted by Gasteiger charge is 2.26. The van der Waals surface area contributed by atoms with E-state index < -0.39 is 0 Å². The van der Waals surface area contributed by atoms with E-state index in [1.165, 1.54) is 5.56 Å². The van der Waals surface area contributed by atoms with E-state index in [4.69, 9.17) is 10.5 Å². The number of primary amides is 1. The summed E-state index contributed by atoms with van der Waals surface area (Å²) >= 11 is 0. The van der Waals surface area contributed by atoms with E-state index in [9.17, 15) is 4.79 Å². The Hall–Kier alpha value is -2.12. The maximum atomic E-state index is 11.3. The van der Waals surface area contributed by atoms with Gasteiger partial charge in [0.05, 0.1) is 19.3 Å². The summed E-state index contributed by atoms with van der Waals surface area (Å²) in [6, 6.07) is 10.9. The normalized spacial score (nSPS) is 22.7. The maximum absolute atomic E-state index is 11.3. The van der Waals surface area contributed by atoms with Crippen molar-refractivity contribution in [3.8, 4) is 0 Å². The second kappa shape index (κ2) is 10.4. The van der Waals surface area contributed by atoms with Crippen LogP contribution in [0, 0.1) is 5.92 Å². The van der Waals surface area contributed by atoms with E-state index >= 15 is 0 Å². The zero-order valence-electron chi connectivity index (χ0n) is 16.8. The average molecular weight is 388 g/mol. The Kier molecular flexibility index (Phi) is 7.68. The van der Waals surface area contributed by atoms with Crippen molar-refractivity contribution in [2.45, 2.75) is 25.3 Å². The van der Waals surface area contributed by atoms with Gasteiger partial charge in [0, 0.05) is 46.2 Å². The molecule has 1 aromatic carbocycles. The molecule has 0 aromatic heterocycles. The molecular formula is C21H33N5O2. The van der Waals surface area contributed by atoms with Crippen LogP contribution in [0.4, 0.5) is 0 Å². The molecule has 2 unspecified atom stereocenters. The van der Waals surface area contributed by atoms with Gasteiger partial charge in [-0.25, -0.2) is 0 Å². The molecular weight excluding hydrogens is 354 g/mol. The lowest BCUT2D eigenvalue weighted by atomic mass is 9.95. The number of morpholine rings is 1. The van der Waals surface area contributed by atoms with Crippen LogP contribution in [0.25, 0.3) is 0 Å². The van der Waals surface area contributed by atoms with Crippen LogP contribution in [-0.4, -0.2) is 74.7 Å². The lowest BCUT2D eigenvalue weighted by Crippen LogP contribution is -2.50. The van der Waals surface area contributed by atoms with Crippen LogP contribution in [-0.2, 0) is 9.53 Å². The van der Waals surface area contributed by atoms with Gasteiger partial charge < -0.3 is 20.7 Å². The van der Waals surface area contributed by atoms with Gasteiger partial charge in [0.1, 0.15) is 0 Å². The number of benzene rings is 1. The van der Waals surface area contributed by atoms with Gasteiger partial charge in [-0.05, 0) is 24.3 Å². The van der Waals surface area contributed by atoms with Gasteiger partial charge in [-0.1, -0.05) is 30.3 Å². The minimum absolute atomic E-state index is 0.216. The third-order valence-electron chi connectivity index (χ3n) is 5.64. The summed E-state index contributed by atoms with van der Waals surface area (Å²) in [6.45, 7) is 6.00. The second-order valence-corrected chi connectivity index (χ2v) is 7.63. The number of amides is 1. The van der Waals surface area contributed by atoms with Crippen LogP contribution in [0.2, 0.25) is 0 Å². The highest BCUT2D eigenvalue weighted by Crippen LogP contribution is 2.22. The lowest BCUT2D eigenvalue weighted by molar-refractivity contribution is -0.119. The average Bonchev–Trinajstić information content (AvgIpc) is 2.72. The van der Waals surface area contributed by atoms with Gasteiger partial charge in [0.2, 0.25) is 5.91 Å². The molecule has 2 atom stereocenters. The van der Waals surface area contributed by atoms with Crippen molar-refractivity contribution in [1.82, 2.24) is 15.1 Å². The molecule has 7 heteroatoms. The number of carbonyl (C=O) groups is 1. The number of nitrogens with zero attached hydrogens (tertiary/aromatic N) is 3. The molecule has 1 amide bonds. The molecule has 2 heterocycles. The third kappa shape index (κ3) is 5.69. The van der Waals surface area contributed by atoms with Gasteiger partial charge in [0.15, 0.2) is 5.96 Å². The molecule has 0 spiro atoms. The summed E-state index contributed by atoms with van der Waals surface area (Å²) in [5, 5.41) is 3.59. The minimum Gasteiger partial charge on any atom is -0.379 e. The molecule has 3 N–H and O–H groups in total. The molecule has 2 saturated heterocycles. The number of piperidine rings is 1. The molecule has 3 rings (SSSR count). The fraction of sp³-hybridized carbons (Fsp3) is 0.619. The van der Waals surface area contributed by atoms with Gasteiger partial charge in [0.25, 0.3) is 0 Å². The van der Waals surface area contributed by atoms with Crippen LogP contribution in [0.5, 0.6) is 0 Å². The van der Waals surface area contributed by atoms with Crippen molar-refractivity contribution >= 4 is 11.9 Å². The fourth-order valence-corrected chi connectivity index (χ4v) is 4.25. The summed E-state index contributed by atoms with van der Waals surface area (Å²) in [5.74, 6) is 1.00. The zero-order chi connectivity index (χ0) is 19.8. The molecule has 0 bridgehead atoms. The lowest BCUT2D eigenvalue weighted by Gasteiger charge is -2.38. The van der Waals surface area contributed by atoms with Crippen molar-refractivity contribution in [2.24, 2.45) is 16.6 Å². The van der Waals surface area contributed by atoms with Crippen molar-refractivity contribution in [3.05, 3.63) is 35.9 Å². The first-order valence-corrected chi connectivity index (χ1v) is 10.3. The summed E-state index contributed by atoms with van der Waals surface area (Å²) < 4.78 is 5.54. The number of nitrogens with two attached hydrogens (primary N) is 1. The molecule has 2 aliphatic rings. The Morgan fingerprint density at radius 3 is 2.71 bits per heavy atom. The van der Waals surface area contributed by atoms with E-state index in [1.54, 1.807) is 0 Å². The van der Waals surface area contributed by atoms with Crippen molar-refractivity contribution < 1.29 is 9.53 Å². The Balaban J connectivity index is 1.64. The summed E-state index contributed by atoms with van der Waals surface area (Å²) in [7, 11) is 1.83. The highest BCUT2D eigenvalue weighted by molar-refractivity contribution is 5.80. The molecule has 28 heavy (non-hydrogen) atoms. The zero-order valence-corrected chi connectivity index (χ0v) is 16.8. The van der Waals surface area contributed by atoms with Crippen molar-refractivity contribution in [2.75, 3.05) is 53.0 Å². The molecule has 2 fully saturated rings. The molecule has 0 saturated carbocycles. The SMILES string of the molecule is CN=C(NCC(c1ccccc1)N1CCOCC1)N1CCCC(CC(N)=O)C1. The minimum atomic E-state index is -0.216. The highest BCUT2D eigenvalue weighted by atomic mass is 16.5. The Labute approximate surface area is 167 Å². The van der Waals surface area contributed by atoms with Gasteiger partial charge in [-0.2, -0.15) is 0 Å². The van der Waals surface area contributed by atoms with Crippen LogP contribution in [0.1, 0.15) is 30.9 Å². The van der Waals surface area contributed by atoms with E-state index in [1.807, 2.05) is 7.05 Å². The smallest absolute Gasteiger partial charge is 0.217 e. The van der Waals surface area contributed by atoms with Crippen LogP contribution >= 0.6 is 0 Å². The number of rotatable bonds is 6. The topological polar surface area (TPSA) is 83.2 Å². The number of aliphatic imine (C=N–C) groups is 1. The number of hydrogen-bond donors (Lipinski definition) is 2. The molecule has 2 aliphatic heterocycles. The van der Waals surface area contributed by atoms with E-state index in [0.29, 0.717) is 12.3 Å². The predicted octanol–water partition coefficient (Wildman–Crippen LogP) is 1.22. The standard InChI is InChI=1S/C21H33N5O2/c1-23-21(26-9-5-6-17(16-26)14-20(22)27)24-15-19(18-7-3-2-4-8-18)25-10-12-28-13-11-25/h2-4,7-8,17,19H,5-6,9-16H2,1H3,(H2,22,27)(H,23,24). The van der Waals surface area contributed by atoms with Gasteiger partial charge in [-0.15, -0.1) is 0 Å². The summed E-state index contributed by atoms with van der Waals surface area (Å²) in [4.78, 5) is 20.6. The predicted molar refractivity (Wildman–Crippen MR) is 111 cm³/mol. The molecule has 0 aliphatic carbocycles. The second-order valence-electron chi connectivity index (χ2n) is 7.63. The maximum Gasteiger partial charge on any atom is 0.217 e. The summed E-state index contributed by atoms with van der Waals surface area (Å²) in [5.41, 5.74) is 6.71.